The summed E-state index contributed by atoms with van der Waals surface area (Å²) in [5.74, 6) is 0.0558. The van der Waals surface area contributed by atoms with Crippen LogP contribution >= 0.6 is 0 Å². The molecule has 1 amide bonds. The molecule has 1 fully saturated rings. The van der Waals surface area contributed by atoms with Gasteiger partial charge in [0.15, 0.2) is 0 Å². The zero-order valence-corrected chi connectivity index (χ0v) is 13.1. The Morgan fingerprint density at radius 3 is 2.81 bits per heavy atom. The van der Waals surface area contributed by atoms with E-state index in [1.165, 1.54) is 19.3 Å². The van der Waals surface area contributed by atoms with Crippen molar-refractivity contribution in [2.24, 2.45) is 0 Å². The van der Waals surface area contributed by atoms with E-state index in [2.05, 4.69) is 15.5 Å². The maximum absolute atomic E-state index is 12.2. The van der Waals surface area contributed by atoms with Crippen molar-refractivity contribution in [1.29, 1.82) is 0 Å². The molecule has 2 rings (SSSR count). The van der Waals surface area contributed by atoms with Crippen LogP contribution in [0.25, 0.3) is 0 Å². The summed E-state index contributed by atoms with van der Waals surface area (Å²) in [5, 5.41) is 6.52. The quantitative estimate of drug-likeness (QED) is 0.845. The summed E-state index contributed by atoms with van der Waals surface area (Å²) >= 11 is 0. The van der Waals surface area contributed by atoms with E-state index in [4.69, 9.17) is 0 Å². The van der Waals surface area contributed by atoms with E-state index in [0.29, 0.717) is 6.04 Å². The van der Waals surface area contributed by atoms with Crippen LogP contribution in [0.4, 0.5) is 5.69 Å². The summed E-state index contributed by atoms with van der Waals surface area (Å²) in [6, 6.07) is 10.1. The fourth-order valence-corrected chi connectivity index (χ4v) is 2.69. The molecule has 0 bridgehead atoms. The molecule has 21 heavy (non-hydrogen) atoms. The first-order valence-electron chi connectivity index (χ1n) is 7.96. The summed E-state index contributed by atoms with van der Waals surface area (Å²) in [5.41, 5.74) is 0.858. The molecule has 1 aromatic carbocycles. The average molecular weight is 289 g/mol. The molecule has 0 radical (unpaired) electrons. The van der Waals surface area contributed by atoms with Gasteiger partial charge < -0.3 is 10.6 Å². The van der Waals surface area contributed by atoms with Crippen LogP contribution in [0.3, 0.4) is 0 Å². The van der Waals surface area contributed by atoms with Gasteiger partial charge in [-0.1, -0.05) is 24.6 Å². The largest absolute Gasteiger partial charge is 0.325 e. The van der Waals surface area contributed by atoms with Gasteiger partial charge in [-0.3, -0.25) is 9.69 Å². The van der Waals surface area contributed by atoms with Crippen molar-refractivity contribution >= 4 is 11.6 Å². The molecule has 2 atom stereocenters. The molecule has 4 nitrogen and oxygen atoms in total. The van der Waals surface area contributed by atoms with Crippen molar-refractivity contribution in [3.05, 3.63) is 30.3 Å². The second-order valence-corrected chi connectivity index (χ2v) is 5.95. The van der Waals surface area contributed by atoms with Gasteiger partial charge in [0.05, 0.1) is 6.04 Å². The second kappa shape index (κ2) is 8.15. The molecule has 1 heterocycles. The van der Waals surface area contributed by atoms with Gasteiger partial charge in [0.25, 0.3) is 0 Å². The normalized spacial score (nSPS) is 20.2. The SMILES string of the molecule is CC(C(=O)Nc1ccccc1)N(C)CCC1CCCCN1. The molecular weight excluding hydrogens is 262 g/mol. The molecule has 1 saturated heterocycles. The van der Waals surface area contributed by atoms with Crippen molar-refractivity contribution in [3.8, 4) is 0 Å². The number of rotatable bonds is 6. The molecule has 0 aliphatic carbocycles. The van der Waals surface area contributed by atoms with Gasteiger partial charge in [-0.25, -0.2) is 0 Å². The highest BCUT2D eigenvalue weighted by molar-refractivity contribution is 5.94. The summed E-state index contributed by atoms with van der Waals surface area (Å²) < 4.78 is 0. The lowest BCUT2D eigenvalue weighted by Crippen LogP contribution is -2.43. The minimum Gasteiger partial charge on any atom is -0.325 e. The molecule has 1 aromatic rings. The van der Waals surface area contributed by atoms with Crippen LogP contribution in [0.15, 0.2) is 30.3 Å². The molecule has 0 aromatic heterocycles. The maximum atomic E-state index is 12.2. The molecule has 2 N–H and O–H groups in total. The standard InChI is InChI=1S/C17H27N3O/c1-14(17(21)19-16-9-4-3-5-10-16)20(2)13-11-15-8-6-7-12-18-15/h3-5,9-10,14-15,18H,6-8,11-13H2,1-2H3,(H,19,21). The van der Waals surface area contributed by atoms with E-state index in [1.54, 1.807) is 0 Å². The Morgan fingerprint density at radius 2 is 2.14 bits per heavy atom. The van der Waals surface area contributed by atoms with Crippen LogP contribution in [0, 0.1) is 0 Å². The fraction of sp³-hybridized carbons (Fsp3) is 0.588. The highest BCUT2D eigenvalue weighted by Crippen LogP contribution is 2.12. The van der Waals surface area contributed by atoms with Crippen molar-refractivity contribution in [2.75, 3.05) is 25.5 Å². The summed E-state index contributed by atoms with van der Waals surface area (Å²) in [6.45, 7) is 4.05. The predicted molar refractivity (Wildman–Crippen MR) is 87.4 cm³/mol. The van der Waals surface area contributed by atoms with Crippen LogP contribution in [0.1, 0.15) is 32.6 Å². The Balaban J connectivity index is 1.75. The number of para-hydroxylation sites is 1. The van der Waals surface area contributed by atoms with Gasteiger partial charge in [0.2, 0.25) is 5.91 Å². The monoisotopic (exact) mass is 289 g/mol. The molecule has 2 unspecified atom stereocenters. The number of amides is 1. The van der Waals surface area contributed by atoms with Gasteiger partial charge in [-0.2, -0.15) is 0 Å². The number of hydrogen-bond donors (Lipinski definition) is 2. The Bertz CT molecular complexity index is 429. The Morgan fingerprint density at radius 1 is 1.38 bits per heavy atom. The summed E-state index contributed by atoms with van der Waals surface area (Å²) in [4.78, 5) is 14.4. The third-order valence-electron chi connectivity index (χ3n) is 4.32. The minimum atomic E-state index is -0.117. The van der Waals surface area contributed by atoms with E-state index in [1.807, 2.05) is 44.3 Å². The molecule has 1 aliphatic heterocycles. The first kappa shape index (κ1) is 16.0. The van der Waals surface area contributed by atoms with Crippen molar-refractivity contribution < 1.29 is 4.79 Å². The van der Waals surface area contributed by atoms with Crippen LogP contribution in [-0.4, -0.2) is 43.0 Å². The lowest BCUT2D eigenvalue weighted by Gasteiger charge is -2.28. The van der Waals surface area contributed by atoms with Crippen molar-refractivity contribution in [2.45, 2.75) is 44.7 Å². The zero-order chi connectivity index (χ0) is 15.1. The molecule has 4 heteroatoms. The zero-order valence-electron chi connectivity index (χ0n) is 13.1. The molecular formula is C17H27N3O. The van der Waals surface area contributed by atoms with Crippen LogP contribution < -0.4 is 10.6 Å². The molecule has 0 saturated carbocycles. The van der Waals surface area contributed by atoms with Crippen LogP contribution in [0.2, 0.25) is 0 Å². The number of piperidine rings is 1. The number of nitrogens with one attached hydrogen (secondary N) is 2. The van der Waals surface area contributed by atoms with Crippen molar-refractivity contribution in [3.63, 3.8) is 0 Å². The number of nitrogens with zero attached hydrogens (tertiary/aromatic N) is 1. The molecule has 116 valence electrons. The molecule has 1 aliphatic rings. The predicted octanol–water partition coefficient (Wildman–Crippen LogP) is 2.48. The van der Waals surface area contributed by atoms with Gasteiger partial charge >= 0.3 is 0 Å². The van der Waals surface area contributed by atoms with Gasteiger partial charge in [-0.15, -0.1) is 0 Å². The third kappa shape index (κ3) is 5.14. The van der Waals surface area contributed by atoms with E-state index in [9.17, 15) is 4.79 Å². The Hall–Kier alpha value is -1.39. The van der Waals surface area contributed by atoms with Gasteiger partial charge in [0, 0.05) is 18.3 Å². The number of carbonyl (C=O) groups excluding carboxylic acids is 1. The third-order valence-corrected chi connectivity index (χ3v) is 4.32. The van der Waals surface area contributed by atoms with Gasteiger partial charge in [-0.05, 0) is 51.9 Å². The average Bonchev–Trinajstić information content (AvgIpc) is 2.53. The summed E-state index contributed by atoms with van der Waals surface area (Å²) in [7, 11) is 2.03. The number of carbonyl (C=O) groups is 1. The summed E-state index contributed by atoms with van der Waals surface area (Å²) in [6.07, 6.45) is 4.99. The lowest BCUT2D eigenvalue weighted by atomic mass is 10.0. The van der Waals surface area contributed by atoms with E-state index >= 15 is 0 Å². The highest BCUT2D eigenvalue weighted by Gasteiger charge is 2.20. The first-order valence-corrected chi connectivity index (χ1v) is 7.96. The Kier molecular flexibility index (Phi) is 6.21. The molecule has 0 spiro atoms. The lowest BCUT2D eigenvalue weighted by molar-refractivity contribution is -0.120. The first-order chi connectivity index (χ1) is 10.2. The number of benzene rings is 1. The van der Waals surface area contributed by atoms with E-state index in [0.717, 1.165) is 25.2 Å². The maximum Gasteiger partial charge on any atom is 0.241 e. The van der Waals surface area contributed by atoms with E-state index in [-0.39, 0.29) is 11.9 Å². The van der Waals surface area contributed by atoms with Crippen LogP contribution in [-0.2, 0) is 4.79 Å². The van der Waals surface area contributed by atoms with Crippen LogP contribution in [0.5, 0.6) is 0 Å². The fourth-order valence-electron chi connectivity index (χ4n) is 2.69. The number of hydrogen-bond acceptors (Lipinski definition) is 3. The highest BCUT2D eigenvalue weighted by atomic mass is 16.2. The second-order valence-electron chi connectivity index (χ2n) is 5.95. The number of anilines is 1. The smallest absolute Gasteiger partial charge is 0.241 e. The van der Waals surface area contributed by atoms with Crippen molar-refractivity contribution in [1.82, 2.24) is 10.2 Å². The Labute approximate surface area is 127 Å². The number of likely N-dealkylation sites (N-methyl/N-ethyl adjacent to an activating group) is 1. The van der Waals surface area contributed by atoms with E-state index < -0.39 is 0 Å². The van der Waals surface area contributed by atoms with Gasteiger partial charge in [0.1, 0.15) is 0 Å². The topological polar surface area (TPSA) is 44.4 Å². The minimum absolute atomic E-state index is 0.0558.